The predicted octanol–water partition coefficient (Wildman–Crippen LogP) is 5.15. The van der Waals surface area contributed by atoms with Crippen LogP contribution in [0.4, 0.5) is 18.9 Å². The number of nitrogens with zero attached hydrogens (tertiary/aromatic N) is 1. The van der Waals surface area contributed by atoms with Gasteiger partial charge in [-0.1, -0.05) is 41.4 Å². The molecular formula is C18H12Cl2F3N3O. The van der Waals surface area contributed by atoms with Crippen molar-refractivity contribution >= 4 is 34.8 Å². The van der Waals surface area contributed by atoms with Crippen LogP contribution in [0.1, 0.15) is 11.1 Å². The fourth-order valence-corrected chi connectivity index (χ4v) is 2.50. The summed E-state index contributed by atoms with van der Waals surface area (Å²) in [6.45, 7) is 0.261. The number of carbonyl (C=O) groups excluding carboxylic acids is 1. The third-order valence-electron chi connectivity index (χ3n) is 3.39. The molecule has 0 spiro atoms. The zero-order chi connectivity index (χ0) is 20.0. The summed E-state index contributed by atoms with van der Waals surface area (Å²) in [6.07, 6.45) is -3.50. The van der Waals surface area contributed by atoms with E-state index in [0.29, 0.717) is 11.1 Å². The number of carbonyl (C=O) groups is 1. The van der Waals surface area contributed by atoms with E-state index < -0.39 is 22.7 Å². The number of anilines is 1. The van der Waals surface area contributed by atoms with E-state index in [2.05, 4.69) is 10.6 Å². The largest absolute Gasteiger partial charge is 0.417 e. The van der Waals surface area contributed by atoms with Crippen molar-refractivity contribution in [2.75, 3.05) is 5.32 Å². The quantitative estimate of drug-likeness (QED) is 0.526. The molecule has 0 bridgehead atoms. The molecule has 4 nitrogen and oxygen atoms in total. The topological polar surface area (TPSA) is 64.9 Å². The molecule has 2 rings (SSSR count). The van der Waals surface area contributed by atoms with Crippen LogP contribution in [0.5, 0.6) is 0 Å². The maximum absolute atomic E-state index is 12.9. The molecule has 0 aromatic heterocycles. The molecule has 2 N–H and O–H groups in total. The third kappa shape index (κ3) is 5.64. The molecule has 0 saturated carbocycles. The van der Waals surface area contributed by atoms with Gasteiger partial charge in [-0.15, -0.1) is 0 Å². The molecule has 0 saturated heterocycles. The number of benzene rings is 2. The van der Waals surface area contributed by atoms with Crippen LogP contribution in [0.15, 0.2) is 54.2 Å². The Labute approximate surface area is 163 Å². The van der Waals surface area contributed by atoms with Crippen molar-refractivity contribution in [2.45, 2.75) is 12.7 Å². The monoisotopic (exact) mass is 413 g/mol. The molecule has 0 aliphatic heterocycles. The Balaban J connectivity index is 2.09. The number of amides is 1. The second-order valence-electron chi connectivity index (χ2n) is 5.29. The molecule has 9 heteroatoms. The zero-order valence-corrected chi connectivity index (χ0v) is 15.1. The molecule has 0 heterocycles. The van der Waals surface area contributed by atoms with Crippen molar-refractivity contribution in [3.63, 3.8) is 0 Å². The van der Waals surface area contributed by atoms with Crippen molar-refractivity contribution in [3.05, 3.63) is 75.4 Å². The lowest BCUT2D eigenvalue weighted by molar-refractivity contribution is -0.137. The Morgan fingerprint density at radius 1 is 1.15 bits per heavy atom. The molecule has 0 atom stereocenters. The van der Waals surface area contributed by atoms with Crippen LogP contribution in [0.2, 0.25) is 10.0 Å². The van der Waals surface area contributed by atoms with Gasteiger partial charge >= 0.3 is 6.18 Å². The standard InChI is InChI=1S/C18H12Cl2F3N3O/c19-15-4-2-1-3-11(15)9-25-10-12(8-24)17(27)26-13-5-6-16(20)14(7-13)18(21,22)23/h1-7,10,25H,9H2,(H,26,27)/b12-10-. The minimum atomic E-state index is -4.66. The highest BCUT2D eigenvalue weighted by Gasteiger charge is 2.33. The first-order valence-electron chi connectivity index (χ1n) is 7.47. The summed E-state index contributed by atoms with van der Waals surface area (Å²) in [5, 5.41) is 14.1. The lowest BCUT2D eigenvalue weighted by Crippen LogP contribution is -2.17. The Morgan fingerprint density at radius 3 is 2.48 bits per heavy atom. The lowest BCUT2D eigenvalue weighted by atomic mass is 10.2. The van der Waals surface area contributed by atoms with Crippen molar-refractivity contribution < 1.29 is 18.0 Å². The molecule has 1 amide bonds. The van der Waals surface area contributed by atoms with Gasteiger partial charge in [0.05, 0.1) is 10.6 Å². The van der Waals surface area contributed by atoms with Gasteiger partial charge in [-0.3, -0.25) is 4.79 Å². The molecule has 2 aromatic carbocycles. The maximum atomic E-state index is 12.9. The molecule has 140 valence electrons. The van der Waals surface area contributed by atoms with Crippen molar-refractivity contribution in [1.29, 1.82) is 5.26 Å². The minimum absolute atomic E-state index is 0.135. The minimum Gasteiger partial charge on any atom is -0.386 e. The maximum Gasteiger partial charge on any atom is 0.417 e. The van der Waals surface area contributed by atoms with Gasteiger partial charge < -0.3 is 10.6 Å². The molecule has 0 aliphatic rings. The van der Waals surface area contributed by atoms with Gasteiger partial charge in [-0.25, -0.2) is 0 Å². The van der Waals surface area contributed by atoms with Gasteiger partial charge in [0.2, 0.25) is 0 Å². The predicted molar refractivity (Wildman–Crippen MR) is 97.1 cm³/mol. The number of nitrogens with one attached hydrogen (secondary N) is 2. The molecule has 0 radical (unpaired) electrons. The smallest absolute Gasteiger partial charge is 0.386 e. The van der Waals surface area contributed by atoms with E-state index in [4.69, 9.17) is 28.5 Å². The van der Waals surface area contributed by atoms with Gasteiger partial charge in [0.25, 0.3) is 5.91 Å². The highest BCUT2D eigenvalue weighted by atomic mass is 35.5. The summed E-state index contributed by atoms with van der Waals surface area (Å²) in [5.74, 6) is -0.861. The van der Waals surface area contributed by atoms with Gasteiger partial charge in [-0.2, -0.15) is 18.4 Å². The van der Waals surface area contributed by atoms with E-state index in [1.807, 2.05) is 0 Å². The summed E-state index contributed by atoms with van der Waals surface area (Å²) >= 11 is 11.5. The first-order valence-corrected chi connectivity index (χ1v) is 8.23. The Morgan fingerprint density at radius 2 is 1.85 bits per heavy atom. The van der Waals surface area contributed by atoms with Gasteiger partial charge in [0.15, 0.2) is 0 Å². The van der Waals surface area contributed by atoms with E-state index in [1.165, 1.54) is 12.3 Å². The van der Waals surface area contributed by atoms with Crippen LogP contribution < -0.4 is 10.6 Å². The summed E-state index contributed by atoms with van der Waals surface area (Å²) in [4.78, 5) is 12.1. The molecular weight excluding hydrogens is 402 g/mol. The number of halogens is 5. The van der Waals surface area contributed by atoms with E-state index >= 15 is 0 Å². The average Bonchev–Trinajstić information content (AvgIpc) is 2.60. The summed E-state index contributed by atoms with van der Waals surface area (Å²) in [7, 11) is 0. The van der Waals surface area contributed by atoms with Crippen molar-refractivity contribution in [2.24, 2.45) is 0 Å². The Hall–Kier alpha value is -2.69. The van der Waals surface area contributed by atoms with Crippen LogP contribution in [-0.2, 0) is 17.5 Å². The summed E-state index contributed by atoms with van der Waals surface area (Å²) < 4.78 is 38.6. The van der Waals surface area contributed by atoms with Crippen LogP contribution in [0, 0.1) is 11.3 Å². The van der Waals surface area contributed by atoms with E-state index in [1.54, 1.807) is 30.3 Å². The van der Waals surface area contributed by atoms with Crippen LogP contribution in [0.25, 0.3) is 0 Å². The average molecular weight is 414 g/mol. The number of alkyl halides is 3. The van der Waals surface area contributed by atoms with Gasteiger partial charge in [-0.05, 0) is 29.8 Å². The normalized spacial score (nSPS) is 11.6. The number of nitriles is 1. The number of rotatable bonds is 5. The molecule has 0 fully saturated rings. The second kappa shape index (κ2) is 8.80. The summed E-state index contributed by atoms with van der Waals surface area (Å²) in [5.41, 5.74) is -0.781. The fraction of sp³-hybridized carbons (Fsp3) is 0.111. The Kier molecular flexibility index (Phi) is 6.72. The van der Waals surface area contributed by atoms with Gasteiger partial charge in [0, 0.05) is 23.5 Å². The molecule has 0 unspecified atom stereocenters. The molecule has 0 aliphatic carbocycles. The van der Waals surface area contributed by atoms with Crippen LogP contribution in [-0.4, -0.2) is 5.91 Å². The number of hydrogen-bond donors (Lipinski definition) is 2. The molecule has 27 heavy (non-hydrogen) atoms. The van der Waals surface area contributed by atoms with Gasteiger partial charge in [0.1, 0.15) is 11.6 Å². The third-order valence-corrected chi connectivity index (χ3v) is 4.09. The molecule has 2 aromatic rings. The highest BCUT2D eigenvalue weighted by molar-refractivity contribution is 6.31. The lowest BCUT2D eigenvalue weighted by Gasteiger charge is -2.11. The fourth-order valence-electron chi connectivity index (χ4n) is 2.07. The van der Waals surface area contributed by atoms with E-state index in [0.717, 1.165) is 11.6 Å². The van der Waals surface area contributed by atoms with Crippen LogP contribution >= 0.6 is 23.2 Å². The zero-order valence-electron chi connectivity index (χ0n) is 13.6. The van der Waals surface area contributed by atoms with E-state index in [-0.39, 0.29) is 17.8 Å². The highest BCUT2D eigenvalue weighted by Crippen LogP contribution is 2.36. The van der Waals surface area contributed by atoms with Crippen molar-refractivity contribution in [3.8, 4) is 6.07 Å². The van der Waals surface area contributed by atoms with E-state index in [9.17, 15) is 18.0 Å². The Bertz CT molecular complexity index is 921. The first-order chi connectivity index (χ1) is 12.7. The SMILES string of the molecule is N#C/C(=C/NCc1ccccc1Cl)C(=O)Nc1ccc(Cl)c(C(F)(F)F)c1. The van der Waals surface area contributed by atoms with Crippen molar-refractivity contribution in [1.82, 2.24) is 5.32 Å². The number of hydrogen-bond acceptors (Lipinski definition) is 3. The second-order valence-corrected chi connectivity index (χ2v) is 6.10. The summed E-state index contributed by atoms with van der Waals surface area (Å²) in [6, 6.07) is 11.6. The van der Waals surface area contributed by atoms with Crippen LogP contribution in [0.3, 0.4) is 0 Å². The first kappa shape index (κ1) is 20.6.